The van der Waals surface area contributed by atoms with Crippen molar-refractivity contribution < 1.29 is 5.11 Å². The van der Waals surface area contributed by atoms with Crippen molar-refractivity contribution >= 4 is 0 Å². The van der Waals surface area contributed by atoms with Crippen LogP contribution in [-0.4, -0.2) is 22.2 Å². The lowest BCUT2D eigenvalue weighted by molar-refractivity contribution is 0.159. The number of aliphatic hydroxyl groups excluding tert-OH is 1. The lowest BCUT2D eigenvalue weighted by Gasteiger charge is -2.22. The van der Waals surface area contributed by atoms with Crippen LogP contribution < -0.4 is 5.32 Å². The fourth-order valence-electron chi connectivity index (χ4n) is 1.26. The van der Waals surface area contributed by atoms with Crippen LogP contribution in [0.3, 0.4) is 0 Å². The summed E-state index contributed by atoms with van der Waals surface area (Å²) in [6.45, 7) is 8.67. The molecule has 0 spiro atoms. The van der Waals surface area contributed by atoms with Gasteiger partial charge in [0.15, 0.2) is 0 Å². The molecule has 0 saturated heterocycles. The summed E-state index contributed by atoms with van der Waals surface area (Å²) in [4.78, 5) is 4.28. The van der Waals surface area contributed by atoms with Crippen molar-refractivity contribution in [3.8, 4) is 0 Å². The molecule has 0 aliphatic heterocycles. The number of hydrogen-bond acceptors (Lipinski definition) is 3. The van der Waals surface area contributed by atoms with Gasteiger partial charge in [-0.2, -0.15) is 0 Å². The second kappa shape index (κ2) is 4.73. The van der Waals surface area contributed by atoms with Crippen LogP contribution >= 0.6 is 0 Å². The zero-order valence-corrected chi connectivity index (χ0v) is 9.91. The summed E-state index contributed by atoms with van der Waals surface area (Å²) in [5.41, 5.74) is 1.68. The van der Waals surface area contributed by atoms with E-state index in [1.54, 1.807) is 0 Å². The van der Waals surface area contributed by atoms with Gasteiger partial charge in [-0.25, -0.2) is 0 Å². The number of aromatic nitrogens is 1. The van der Waals surface area contributed by atoms with Crippen molar-refractivity contribution in [2.75, 3.05) is 6.54 Å². The van der Waals surface area contributed by atoms with Gasteiger partial charge >= 0.3 is 0 Å². The molecule has 0 unspecified atom stereocenters. The van der Waals surface area contributed by atoms with E-state index in [1.807, 2.05) is 25.1 Å². The van der Waals surface area contributed by atoms with Crippen LogP contribution in [0.2, 0.25) is 0 Å². The molecule has 1 aromatic rings. The first-order chi connectivity index (χ1) is 6.88. The number of aryl methyl sites for hydroxylation is 1. The first-order valence-electron chi connectivity index (χ1n) is 5.25. The van der Waals surface area contributed by atoms with E-state index < -0.39 is 6.10 Å². The number of nitrogens with one attached hydrogen (secondary N) is 1. The van der Waals surface area contributed by atoms with E-state index in [0.717, 1.165) is 11.4 Å². The molecule has 0 saturated carbocycles. The van der Waals surface area contributed by atoms with Crippen LogP contribution in [0.4, 0.5) is 0 Å². The fraction of sp³-hybridized carbons (Fsp3) is 0.583. The molecule has 0 aliphatic rings. The Kier molecular flexibility index (Phi) is 3.83. The predicted molar refractivity (Wildman–Crippen MR) is 61.7 cm³/mol. The summed E-state index contributed by atoms with van der Waals surface area (Å²) < 4.78 is 0. The van der Waals surface area contributed by atoms with Crippen molar-refractivity contribution in [1.82, 2.24) is 10.3 Å². The van der Waals surface area contributed by atoms with E-state index in [-0.39, 0.29) is 5.54 Å². The molecule has 2 N–H and O–H groups in total. The summed E-state index contributed by atoms with van der Waals surface area (Å²) >= 11 is 0. The Bertz CT molecular complexity index is 318. The van der Waals surface area contributed by atoms with Crippen molar-refractivity contribution in [3.05, 3.63) is 29.6 Å². The van der Waals surface area contributed by atoms with Crippen molar-refractivity contribution in [2.45, 2.75) is 39.3 Å². The maximum atomic E-state index is 9.88. The van der Waals surface area contributed by atoms with E-state index in [0.29, 0.717) is 6.54 Å². The number of rotatable bonds is 3. The lowest BCUT2D eigenvalue weighted by Crippen LogP contribution is -2.38. The Morgan fingerprint density at radius 1 is 1.40 bits per heavy atom. The molecule has 0 fully saturated rings. The third kappa shape index (κ3) is 4.40. The number of pyridine rings is 1. The van der Waals surface area contributed by atoms with Gasteiger partial charge in [0, 0.05) is 17.8 Å². The number of aliphatic hydroxyl groups is 1. The maximum absolute atomic E-state index is 9.88. The minimum absolute atomic E-state index is 0.0187. The lowest BCUT2D eigenvalue weighted by atomic mass is 10.1. The monoisotopic (exact) mass is 208 g/mol. The van der Waals surface area contributed by atoms with Gasteiger partial charge in [-0.1, -0.05) is 6.07 Å². The third-order valence-corrected chi connectivity index (χ3v) is 2.08. The van der Waals surface area contributed by atoms with E-state index in [4.69, 9.17) is 0 Å². The highest BCUT2D eigenvalue weighted by Gasteiger charge is 2.14. The van der Waals surface area contributed by atoms with Gasteiger partial charge in [0.2, 0.25) is 0 Å². The van der Waals surface area contributed by atoms with Crippen molar-refractivity contribution in [1.29, 1.82) is 0 Å². The second-order valence-corrected chi connectivity index (χ2v) is 4.85. The van der Waals surface area contributed by atoms with E-state index in [9.17, 15) is 5.11 Å². The highest BCUT2D eigenvalue weighted by molar-refractivity contribution is 5.12. The zero-order chi connectivity index (χ0) is 11.5. The van der Waals surface area contributed by atoms with Crippen LogP contribution in [0.25, 0.3) is 0 Å². The Morgan fingerprint density at radius 2 is 2.07 bits per heavy atom. The third-order valence-electron chi connectivity index (χ3n) is 2.08. The highest BCUT2D eigenvalue weighted by Crippen LogP contribution is 2.10. The summed E-state index contributed by atoms with van der Waals surface area (Å²) in [7, 11) is 0. The Hall–Kier alpha value is -0.930. The molecular formula is C12H20N2O. The largest absolute Gasteiger partial charge is 0.385 e. The molecule has 0 bridgehead atoms. The van der Waals surface area contributed by atoms with E-state index in [2.05, 4.69) is 31.1 Å². The summed E-state index contributed by atoms with van der Waals surface area (Å²) in [5, 5.41) is 13.1. The van der Waals surface area contributed by atoms with Gasteiger partial charge in [-0.05, 0) is 39.8 Å². The van der Waals surface area contributed by atoms with Crippen LogP contribution in [0.1, 0.15) is 38.3 Å². The summed E-state index contributed by atoms with van der Waals surface area (Å²) in [6.07, 6.45) is -0.538. The molecule has 0 aromatic carbocycles. The van der Waals surface area contributed by atoms with E-state index >= 15 is 0 Å². The van der Waals surface area contributed by atoms with Crippen molar-refractivity contribution in [3.63, 3.8) is 0 Å². The molecule has 15 heavy (non-hydrogen) atoms. The Balaban J connectivity index is 2.58. The molecular weight excluding hydrogens is 188 g/mol. The molecule has 1 heterocycles. The van der Waals surface area contributed by atoms with Crippen LogP contribution in [0.5, 0.6) is 0 Å². The van der Waals surface area contributed by atoms with Crippen molar-refractivity contribution in [2.24, 2.45) is 0 Å². The minimum Gasteiger partial charge on any atom is -0.385 e. The normalized spacial score (nSPS) is 13.9. The minimum atomic E-state index is -0.538. The molecule has 0 radical (unpaired) electrons. The standard InChI is InChI=1S/C12H20N2O/c1-9-6-5-7-10(14-9)11(15)8-13-12(2,3)4/h5-7,11,13,15H,8H2,1-4H3/t11-/m0/s1. The van der Waals surface area contributed by atoms with Gasteiger partial charge in [-0.15, -0.1) is 0 Å². The van der Waals surface area contributed by atoms with Crippen LogP contribution in [0.15, 0.2) is 18.2 Å². The fourth-order valence-corrected chi connectivity index (χ4v) is 1.26. The van der Waals surface area contributed by atoms with Gasteiger partial charge in [0.05, 0.1) is 5.69 Å². The summed E-state index contributed by atoms with van der Waals surface area (Å²) in [6, 6.07) is 5.69. The Morgan fingerprint density at radius 3 is 2.60 bits per heavy atom. The molecule has 3 heteroatoms. The molecule has 1 rings (SSSR count). The molecule has 1 aromatic heterocycles. The van der Waals surface area contributed by atoms with E-state index in [1.165, 1.54) is 0 Å². The van der Waals surface area contributed by atoms with Crippen LogP contribution in [-0.2, 0) is 0 Å². The molecule has 1 atom stereocenters. The average Bonchev–Trinajstić information content (AvgIpc) is 2.13. The van der Waals surface area contributed by atoms with Gasteiger partial charge in [0.25, 0.3) is 0 Å². The molecule has 3 nitrogen and oxygen atoms in total. The Labute approximate surface area is 91.5 Å². The van der Waals surface area contributed by atoms with Gasteiger partial charge in [0.1, 0.15) is 6.10 Å². The topological polar surface area (TPSA) is 45.1 Å². The molecule has 84 valence electrons. The summed E-state index contributed by atoms with van der Waals surface area (Å²) in [5.74, 6) is 0. The quantitative estimate of drug-likeness (QED) is 0.796. The number of hydrogen-bond donors (Lipinski definition) is 2. The second-order valence-electron chi connectivity index (χ2n) is 4.85. The predicted octanol–water partition coefficient (Wildman–Crippen LogP) is 1.81. The average molecular weight is 208 g/mol. The zero-order valence-electron chi connectivity index (χ0n) is 9.91. The van der Waals surface area contributed by atoms with Gasteiger partial charge < -0.3 is 10.4 Å². The van der Waals surface area contributed by atoms with Crippen LogP contribution in [0, 0.1) is 6.92 Å². The molecule has 0 aliphatic carbocycles. The number of nitrogens with zero attached hydrogens (tertiary/aromatic N) is 1. The molecule has 0 amide bonds. The first kappa shape index (κ1) is 12.1. The smallest absolute Gasteiger partial charge is 0.108 e. The van der Waals surface area contributed by atoms with Gasteiger partial charge in [-0.3, -0.25) is 4.98 Å². The maximum Gasteiger partial charge on any atom is 0.108 e. The number of β-amino-alcohol motifs (C(OH)–C–C–N with tert-alkyl or cyclic N) is 1. The first-order valence-corrected chi connectivity index (χ1v) is 5.25. The SMILES string of the molecule is Cc1cccc([C@@H](O)CNC(C)(C)C)n1. The highest BCUT2D eigenvalue weighted by atomic mass is 16.3.